The number of oxime groups is 1. The molecule has 1 heterocycles. The summed E-state index contributed by atoms with van der Waals surface area (Å²) in [5.41, 5.74) is 2.90. The fourth-order valence-corrected chi connectivity index (χ4v) is 11.7. The van der Waals surface area contributed by atoms with Gasteiger partial charge in [0.1, 0.15) is 0 Å². The lowest BCUT2D eigenvalue weighted by Gasteiger charge is -2.71. The first-order valence-corrected chi connectivity index (χ1v) is 13.5. The van der Waals surface area contributed by atoms with Gasteiger partial charge in [0.2, 0.25) is 0 Å². The van der Waals surface area contributed by atoms with Crippen molar-refractivity contribution in [3.63, 3.8) is 0 Å². The summed E-state index contributed by atoms with van der Waals surface area (Å²) in [4.78, 5) is 0. The molecule has 1 saturated heterocycles. The van der Waals surface area contributed by atoms with E-state index >= 15 is 0 Å². The van der Waals surface area contributed by atoms with Crippen LogP contribution in [-0.4, -0.2) is 23.6 Å². The Morgan fingerprint density at radius 1 is 0.839 bits per heavy atom. The van der Waals surface area contributed by atoms with E-state index in [1.54, 1.807) is 0 Å². The first kappa shape index (κ1) is 21.0. The third kappa shape index (κ3) is 2.43. The van der Waals surface area contributed by atoms with Gasteiger partial charge >= 0.3 is 0 Å². The summed E-state index contributed by atoms with van der Waals surface area (Å²) in [7, 11) is 0. The Balaban J connectivity index is 1.37. The minimum Gasteiger partial charge on any atom is -0.411 e. The number of nitrogens with zero attached hydrogens (tertiary/aromatic N) is 1. The SMILES string of the molecule is C[C@H]1CC[C@@]23CC[C@H]4[C@]5(C)CC[C@H]6[C@@H](C)/C(=N\O)CC[C@]6(C)[C@H]5CC[C@]4(C)[C@H]2[C@H]1OC3. The van der Waals surface area contributed by atoms with Gasteiger partial charge < -0.3 is 9.94 Å². The van der Waals surface area contributed by atoms with Gasteiger partial charge in [-0.2, -0.15) is 0 Å². The molecule has 0 aromatic carbocycles. The van der Waals surface area contributed by atoms with Crippen molar-refractivity contribution in [2.24, 2.45) is 62.3 Å². The normalized spacial score (nSPS) is 61.8. The quantitative estimate of drug-likeness (QED) is 0.336. The number of rotatable bonds is 0. The zero-order chi connectivity index (χ0) is 21.8. The van der Waals surface area contributed by atoms with E-state index in [0.29, 0.717) is 39.6 Å². The highest BCUT2D eigenvalue weighted by molar-refractivity contribution is 5.87. The van der Waals surface area contributed by atoms with Gasteiger partial charge in [0, 0.05) is 5.92 Å². The Morgan fingerprint density at radius 3 is 2.29 bits per heavy atom. The standard InChI is InChI=1S/C28H45NO2/c1-17-6-14-28-15-10-22-26(4)11-7-19-18(2)20(29-30)8-12-25(19,3)21(26)9-13-27(22,5)24(28)23(17)31-16-28/h17-19,21-24,30H,6-16H2,1-5H3/b29-20-/t17-,18+,19-,21+,22-,23-,24+,25-,26+,27-,28-/m0/s1. The predicted octanol–water partition coefficient (Wildman–Crippen LogP) is 6.93. The van der Waals surface area contributed by atoms with Crippen LogP contribution in [0.25, 0.3) is 0 Å². The van der Waals surface area contributed by atoms with Gasteiger partial charge in [-0.25, -0.2) is 0 Å². The van der Waals surface area contributed by atoms with Crippen LogP contribution in [0.4, 0.5) is 0 Å². The first-order chi connectivity index (χ1) is 14.7. The highest BCUT2D eigenvalue weighted by Crippen LogP contribution is 2.76. The molecule has 31 heavy (non-hydrogen) atoms. The van der Waals surface area contributed by atoms with Gasteiger partial charge in [0.25, 0.3) is 0 Å². The fourth-order valence-electron chi connectivity index (χ4n) is 11.7. The molecule has 6 aliphatic rings. The molecule has 0 aromatic heterocycles. The van der Waals surface area contributed by atoms with Crippen LogP contribution in [-0.2, 0) is 4.74 Å². The first-order valence-electron chi connectivity index (χ1n) is 13.5. The smallest absolute Gasteiger partial charge is 0.0640 e. The molecule has 0 unspecified atom stereocenters. The monoisotopic (exact) mass is 427 g/mol. The Morgan fingerprint density at radius 2 is 1.52 bits per heavy atom. The van der Waals surface area contributed by atoms with Crippen LogP contribution in [0.1, 0.15) is 98.8 Å². The Bertz CT molecular complexity index is 794. The largest absolute Gasteiger partial charge is 0.411 e. The fraction of sp³-hybridized carbons (Fsp3) is 0.964. The van der Waals surface area contributed by atoms with Crippen molar-refractivity contribution in [2.75, 3.05) is 6.61 Å². The molecule has 0 spiro atoms. The van der Waals surface area contributed by atoms with Crippen LogP contribution in [0.5, 0.6) is 0 Å². The second-order valence-electron chi connectivity index (χ2n) is 13.9. The van der Waals surface area contributed by atoms with Crippen molar-refractivity contribution in [1.82, 2.24) is 0 Å². The van der Waals surface area contributed by atoms with E-state index in [2.05, 4.69) is 39.8 Å². The van der Waals surface area contributed by atoms with E-state index in [4.69, 9.17) is 4.74 Å². The lowest BCUT2D eigenvalue weighted by Crippen LogP contribution is -2.65. The van der Waals surface area contributed by atoms with E-state index < -0.39 is 0 Å². The molecule has 6 fully saturated rings. The average Bonchev–Trinajstić information content (AvgIpc) is 3.06. The maximum atomic E-state index is 9.57. The van der Waals surface area contributed by atoms with Crippen LogP contribution in [0.2, 0.25) is 0 Å². The van der Waals surface area contributed by atoms with E-state index in [1.807, 2.05) is 0 Å². The number of fused-ring (bicyclic) bond motifs is 5. The minimum absolute atomic E-state index is 0.409. The van der Waals surface area contributed by atoms with Gasteiger partial charge in [-0.1, -0.05) is 39.8 Å². The molecule has 0 amide bonds. The van der Waals surface area contributed by atoms with Crippen LogP contribution < -0.4 is 0 Å². The van der Waals surface area contributed by atoms with Crippen molar-refractivity contribution in [1.29, 1.82) is 0 Å². The molecule has 3 nitrogen and oxygen atoms in total. The summed E-state index contributed by atoms with van der Waals surface area (Å²) < 4.78 is 6.62. The van der Waals surface area contributed by atoms with E-state index in [-0.39, 0.29) is 0 Å². The van der Waals surface area contributed by atoms with Crippen LogP contribution in [0.15, 0.2) is 5.16 Å². The lowest BCUT2D eigenvalue weighted by molar-refractivity contribution is -0.218. The summed E-state index contributed by atoms with van der Waals surface area (Å²) in [6.45, 7) is 13.9. The van der Waals surface area contributed by atoms with Crippen molar-refractivity contribution in [3.05, 3.63) is 0 Å². The van der Waals surface area contributed by atoms with Crippen LogP contribution in [0, 0.1) is 57.2 Å². The molecular weight excluding hydrogens is 382 g/mol. The van der Waals surface area contributed by atoms with Crippen LogP contribution >= 0.6 is 0 Å². The summed E-state index contributed by atoms with van der Waals surface area (Å²) in [6.07, 6.45) is 13.9. The molecular formula is C28H45NO2. The molecule has 1 N–H and O–H groups in total. The molecule has 1 aliphatic heterocycles. The molecule has 174 valence electrons. The molecule has 0 aromatic rings. The summed E-state index contributed by atoms with van der Waals surface area (Å²) in [5, 5.41) is 13.3. The van der Waals surface area contributed by atoms with Crippen molar-refractivity contribution < 1.29 is 9.94 Å². The lowest BCUT2D eigenvalue weighted by atomic mass is 9.33. The number of hydrogen-bond acceptors (Lipinski definition) is 3. The molecule has 11 atom stereocenters. The second-order valence-corrected chi connectivity index (χ2v) is 13.9. The highest BCUT2D eigenvalue weighted by atomic mass is 16.5. The number of hydrogen-bond donors (Lipinski definition) is 1. The Hall–Kier alpha value is -0.570. The predicted molar refractivity (Wildman–Crippen MR) is 124 cm³/mol. The van der Waals surface area contributed by atoms with E-state index in [9.17, 15) is 5.21 Å². The van der Waals surface area contributed by atoms with Gasteiger partial charge in [0.05, 0.1) is 18.4 Å². The Kier molecular flexibility index (Phi) is 4.41. The van der Waals surface area contributed by atoms with Gasteiger partial charge in [-0.3, -0.25) is 0 Å². The minimum atomic E-state index is 0.409. The van der Waals surface area contributed by atoms with E-state index in [0.717, 1.165) is 42.4 Å². The third-order valence-electron chi connectivity index (χ3n) is 13.0. The zero-order valence-corrected chi connectivity index (χ0v) is 20.6. The van der Waals surface area contributed by atoms with Gasteiger partial charge in [0.15, 0.2) is 0 Å². The van der Waals surface area contributed by atoms with Crippen molar-refractivity contribution >= 4 is 5.71 Å². The highest BCUT2D eigenvalue weighted by Gasteiger charge is 2.71. The average molecular weight is 428 g/mol. The molecule has 5 aliphatic carbocycles. The van der Waals surface area contributed by atoms with Crippen molar-refractivity contribution in [3.8, 4) is 0 Å². The summed E-state index contributed by atoms with van der Waals surface area (Å²) in [5.74, 6) is 4.36. The summed E-state index contributed by atoms with van der Waals surface area (Å²) in [6, 6.07) is 0. The maximum absolute atomic E-state index is 9.57. The maximum Gasteiger partial charge on any atom is 0.0640 e. The zero-order valence-electron chi connectivity index (χ0n) is 20.6. The molecule has 3 heteroatoms. The van der Waals surface area contributed by atoms with Crippen molar-refractivity contribution in [2.45, 2.75) is 105 Å². The Labute approximate surface area is 189 Å². The van der Waals surface area contributed by atoms with Gasteiger partial charge in [-0.05, 0) is 115 Å². The van der Waals surface area contributed by atoms with E-state index in [1.165, 1.54) is 57.8 Å². The number of ether oxygens (including phenoxy) is 1. The molecule has 6 rings (SSSR count). The molecule has 2 bridgehead atoms. The second kappa shape index (κ2) is 6.51. The molecule has 0 radical (unpaired) electrons. The van der Waals surface area contributed by atoms with Crippen LogP contribution in [0.3, 0.4) is 0 Å². The molecule has 5 saturated carbocycles. The summed E-state index contributed by atoms with van der Waals surface area (Å²) >= 11 is 0. The third-order valence-corrected chi connectivity index (χ3v) is 13.0. The topological polar surface area (TPSA) is 41.8 Å². The van der Waals surface area contributed by atoms with Gasteiger partial charge in [-0.15, -0.1) is 0 Å².